The van der Waals surface area contributed by atoms with Crippen LogP contribution in [0.4, 0.5) is 0 Å². The van der Waals surface area contributed by atoms with E-state index in [1.165, 1.54) is 70.6 Å². The van der Waals surface area contributed by atoms with Crippen molar-refractivity contribution in [2.75, 3.05) is 13.2 Å². The summed E-state index contributed by atoms with van der Waals surface area (Å²) in [4.78, 5) is 38.0. The second-order valence-corrected chi connectivity index (χ2v) is 20.9. The summed E-state index contributed by atoms with van der Waals surface area (Å²) < 4.78 is 16.8. The highest BCUT2D eigenvalue weighted by atomic mass is 16.6. The molecule has 0 aliphatic heterocycles. The van der Waals surface area contributed by atoms with Crippen molar-refractivity contribution < 1.29 is 28.6 Å². The minimum atomic E-state index is -0.793. The van der Waals surface area contributed by atoms with Crippen LogP contribution in [0.3, 0.4) is 0 Å². The van der Waals surface area contributed by atoms with Crippen LogP contribution in [0.25, 0.3) is 0 Å². The maximum absolute atomic E-state index is 12.9. The van der Waals surface area contributed by atoms with Crippen molar-refractivity contribution in [1.82, 2.24) is 0 Å². The Morgan fingerprint density at radius 2 is 0.487 bits per heavy atom. The lowest BCUT2D eigenvalue weighted by Gasteiger charge is -2.18. The van der Waals surface area contributed by atoms with Crippen molar-refractivity contribution in [3.8, 4) is 0 Å². The summed E-state index contributed by atoms with van der Waals surface area (Å²) in [7, 11) is 0. The molecular weight excluding hydrogens is 985 g/mol. The van der Waals surface area contributed by atoms with Gasteiger partial charge in [0.25, 0.3) is 0 Å². The van der Waals surface area contributed by atoms with Crippen molar-refractivity contribution >= 4 is 17.9 Å². The number of carbonyl (C=O) groups is 3. The van der Waals surface area contributed by atoms with Crippen molar-refractivity contribution in [1.29, 1.82) is 0 Å². The van der Waals surface area contributed by atoms with Crippen LogP contribution in [-0.4, -0.2) is 37.2 Å². The number of hydrogen-bond donors (Lipinski definition) is 0. The van der Waals surface area contributed by atoms with Crippen LogP contribution in [0.5, 0.6) is 0 Å². The average Bonchev–Trinajstić information content (AvgIpc) is 3.46. The van der Waals surface area contributed by atoms with Gasteiger partial charge in [-0.25, -0.2) is 0 Å². The third kappa shape index (κ3) is 63.9. The van der Waals surface area contributed by atoms with Crippen LogP contribution >= 0.6 is 0 Å². The Hall–Kier alpha value is -4.97. The van der Waals surface area contributed by atoms with E-state index in [-0.39, 0.29) is 31.1 Å². The van der Waals surface area contributed by atoms with Crippen LogP contribution in [-0.2, 0) is 28.6 Å². The summed E-state index contributed by atoms with van der Waals surface area (Å²) in [5, 5.41) is 0. The number of carbonyl (C=O) groups excluding carboxylic acids is 3. The first kappa shape index (κ1) is 75.0. The highest BCUT2D eigenvalue weighted by molar-refractivity contribution is 5.71. The van der Waals surface area contributed by atoms with Gasteiger partial charge in [0.1, 0.15) is 13.2 Å². The lowest BCUT2D eigenvalue weighted by atomic mass is 10.1. The van der Waals surface area contributed by atoms with E-state index >= 15 is 0 Å². The number of esters is 3. The first-order valence-corrected chi connectivity index (χ1v) is 32.5. The van der Waals surface area contributed by atoms with Gasteiger partial charge in [-0.2, -0.15) is 0 Å². The molecule has 0 aromatic rings. The number of ether oxygens (including phenoxy) is 3. The lowest BCUT2D eigenvalue weighted by Crippen LogP contribution is -2.30. The predicted octanol–water partition coefficient (Wildman–Crippen LogP) is 22.5. The molecule has 0 heterocycles. The first-order chi connectivity index (χ1) is 39.5. The number of hydrogen-bond acceptors (Lipinski definition) is 6. The Morgan fingerprint density at radius 1 is 0.263 bits per heavy atom. The standard InChI is InChI=1S/C74H118O6/c1-4-7-10-13-16-18-20-22-24-26-28-30-32-34-35-36-37-38-39-41-42-44-46-48-50-52-54-56-58-61-64-67-73(76)79-70-71(69-78-72(75)66-63-60-15-12-9-6-3)80-74(77)68-65-62-59-57-55-53-51-49-47-45-43-40-33-31-29-27-25-23-21-19-17-14-11-8-5-2/h7-8,10-11,16-19,22-25,28-31,34-35,37-38,40-43,47,49,71H,4-6,9,12-15,20-21,26-27,32-33,36,39,44-46,48,50-70H2,1-3H3/b10-7-,11-8-,18-16-,19-17-,24-22-,25-23-,30-28-,31-29-,35-34-,38-37-,42-41-,43-40-,49-47-. The molecule has 0 aromatic carbocycles. The SMILES string of the molecule is CC/C=C\C/C=C\C/C=C\C/C=C\C/C=C\C/C=C\C/C=C\CCCCCCCCCCCC(=O)OCC(COC(=O)CCCCCCCC)OC(=O)CCCCCCCC/C=C\C/C=C\C/C=C\C/C=C\C/C=C\C/C=C\CC. The molecule has 0 aliphatic carbocycles. The molecule has 0 bridgehead atoms. The fourth-order valence-electron chi connectivity index (χ4n) is 8.48. The minimum absolute atomic E-state index is 0.0910. The Labute approximate surface area is 492 Å². The van der Waals surface area contributed by atoms with E-state index in [1.807, 2.05) is 0 Å². The molecule has 0 aliphatic rings. The molecule has 0 saturated carbocycles. The zero-order valence-corrected chi connectivity index (χ0v) is 51.5. The fraction of sp³-hybridized carbons (Fsp3) is 0.608. The van der Waals surface area contributed by atoms with Crippen molar-refractivity contribution in [2.24, 2.45) is 0 Å². The monoisotopic (exact) mass is 1100 g/mol. The smallest absolute Gasteiger partial charge is 0.306 e. The molecule has 0 saturated heterocycles. The second-order valence-electron chi connectivity index (χ2n) is 20.9. The molecule has 6 nitrogen and oxygen atoms in total. The minimum Gasteiger partial charge on any atom is -0.462 e. The van der Waals surface area contributed by atoms with Gasteiger partial charge in [0.15, 0.2) is 6.10 Å². The summed E-state index contributed by atoms with van der Waals surface area (Å²) in [5.41, 5.74) is 0. The van der Waals surface area contributed by atoms with Gasteiger partial charge in [0.05, 0.1) is 0 Å². The van der Waals surface area contributed by atoms with Gasteiger partial charge in [0.2, 0.25) is 0 Å². The van der Waals surface area contributed by atoms with E-state index < -0.39 is 6.10 Å². The average molecular weight is 1100 g/mol. The van der Waals surface area contributed by atoms with Gasteiger partial charge < -0.3 is 14.2 Å². The second kappa shape index (κ2) is 66.5. The third-order valence-electron chi connectivity index (χ3n) is 13.3. The number of rotatable bonds is 57. The summed E-state index contributed by atoms with van der Waals surface area (Å²) in [6.45, 7) is 6.33. The van der Waals surface area contributed by atoms with Crippen LogP contribution in [0.2, 0.25) is 0 Å². The van der Waals surface area contributed by atoms with E-state index in [9.17, 15) is 14.4 Å². The Balaban J connectivity index is 4.17. The quantitative estimate of drug-likeness (QED) is 0.0261. The molecule has 1 unspecified atom stereocenters. The summed E-state index contributed by atoms with van der Waals surface area (Å²) in [6, 6.07) is 0. The zero-order chi connectivity index (χ0) is 57.8. The topological polar surface area (TPSA) is 78.9 Å². The van der Waals surface area contributed by atoms with E-state index in [1.54, 1.807) is 0 Å². The molecule has 0 radical (unpaired) electrons. The molecule has 0 rings (SSSR count). The maximum Gasteiger partial charge on any atom is 0.306 e. The van der Waals surface area contributed by atoms with Gasteiger partial charge in [-0.1, -0.05) is 281 Å². The van der Waals surface area contributed by atoms with Crippen LogP contribution in [0.15, 0.2) is 158 Å². The maximum atomic E-state index is 12.9. The largest absolute Gasteiger partial charge is 0.462 e. The molecule has 0 fully saturated rings. The van der Waals surface area contributed by atoms with Crippen molar-refractivity contribution in [2.45, 2.75) is 277 Å². The molecule has 1 atom stereocenters. The summed E-state index contributed by atoms with van der Waals surface area (Å²) >= 11 is 0. The van der Waals surface area contributed by atoms with Crippen molar-refractivity contribution in [3.05, 3.63) is 158 Å². The fourth-order valence-corrected chi connectivity index (χ4v) is 8.48. The lowest BCUT2D eigenvalue weighted by molar-refractivity contribution is -0.167. The molecule has 450 valence electrons. The Bertz CT molecular complexity index is 1790. The molecule has 0 amide bonds. The van der Waals surface area contributed by atoms with Gasteiger partial charge in [0, 0.05) is 19.3 Å². The van der Waals surface area contributed by atoms with Crippen LogP contribution < -0.4 is 0 Å². The number of unbranched alkanes of at least 4 members (excludes halogenated alkanes) is 20. The molecule has 6 heteroatoms. The normalized spacial score (nSPS) is 13.2. The molecular formula is C74H118O6. The Morgan fingerprint density at radius 3 is 0.762 bits per heavy atom. The van der Waals surface area contributed by atoms with Gasteiger partial charge in [-0.05, 0) is 128 Å². The molecule has 80 heavy (non-hydrogen) atoms. The Kier molecular flexibility index (Phi) is 62.4. The van der Waals surface area contributed by atoms with Gasteiger partial charge in [-0.3, -0.25) is 14.4 Å². The van der Waals surface area contributed by atoms with E-state index in [0.717, 1.165) is 161 Å². The first-order valence-electron chi connectivity index (χ1n) is 32.5. The summed E-state index contributed by atoms with van der Waals surface area (Å²) in [5.74, 6) is -0.925. The van der Waals surface area contributed by atoms with Crippen LogP contribution in [0, 0.1) is 0 Å². The third-order valence-corrected chi connectivity index (χ3v) is 13.3. The highest BCUT2D eigenvalue weighted by Gasteiger charge is 2.19. The van der Waals surface area contributed by atoms with Crippen LogP contribution in [0.1, 0.15) is 271 Å². The van der Waals surface area contributed by atoms with Crippen molar-refractivity contribution in [3.63, 3.8) is 0 Å². The van der Waals surface area contributed by atoms with E-state index in [0.29, 0.717) is 19.3 Å². The number of allylic oxidation sites excluding steroid dienone is 26. The highest BCUT2D eigenvalue weighted by Crippen LogP contribution is 2.15. The molecule has 0 N–H and O–H groups in total. The van der Waals surface area contributed by atoms with E-state index in [4.69, 9.17) is 14.2 Å². The molecule has 0 aromatic heterocycles. The van der Waals surface area contributed by atoms with Gasteiger partial charge in [-0.15, -0.1) is 0 Å². The predicted molar refractivity (Wildman–Crippen MR) is 348 cm³/mol. The summed E-state index contributed by atoms with van der Waals surface area (Å²) in [6.07, 6.45) is 97.1. The molecule has 0 spiro atoms. The van der Waals surface area contributed by atoms with E-state index in [2.05, 4.69) is 179 Å². The van der Waals surface area contributed by atoms with Gasteiger partial charge >= 0.3 is 17.9 Å². The zero-order valence-electron chi connectivity index (χ0n) is 51.5.